The van der Waals surface area contributed by atoms with Gasteiger partial charge in [0.1, 0.15) is 6.61 Å². The number of aliphatic hydroxyl groups excluding tert-OH is 1. The van der Waals surface area contributed by atoms with E-state index < -0.39 is 6.10 Å². The van der Waals surface area contributed by atoms with E-state index in [-0.39, 0.29) is 25.2 Å². The highest BCUT2D eigenvalue weighted by atomic mass is 16.6. The maximum atomic E-state index is 12.3. The first-order valence-electron chi connectivity index (χ1n) is 27.1. The van der Waals surface area contributed by atoms with Crippen molar-refractivity contribution in [2.45, 2.75) is 238 Å². The Labute approximate surface area is 407 Å². The van der Waals surface area contributed by atoms with E-state index in [2.05, 4.69) is 135 Å². The van der Waals surface area contributed by atoms with Crippen LogP contribution in [0.15, 0.2) is 122 Å². The van der Waals surface area contributed by atoms with Crippen LogP contribution in [0, 0.1) is 0 Å². The van der Waals surface area contributed by atoms with E-state index in [0.29, 0.717) is 12.8 Å². The van der Waals surface area contributed by atoms with Gasteiger partial charge in [0.15, 0.2) is 6.10 Å². The van der Waals surface area contributed by atoms with Gasteiger partial charge in [-0.05, 0) is 103 Å². The fourth-order valence-corrected chi connectivity index (χ4v) is 7.26. The van der Waals surface area contributed by atoms with Gasteiger partial charge in [0.2, 0.25) is 0 Å². The van der Waals surface area contributed by atoms with Gasteiger partial charge in [-0.15, -0.1) is 0 Å². The first kappa shape index (κ1) is 62.3. The molecule has 1 unspecified atom stereocenters. The number of unbranched alkanes of at least 4 members (excludes halogenated alkanes) is 20. The lowest BCUT2D eigenvalue weighted by atomic mass is 10.0. The summed E-state index contributed by atoms with van der Waals surface area (Å²) in [5, 5.41) is 9.64. The molecule has 0 saturated heterocycles. The van der Waals surface area contributed by atoms with Crippen LogP contribution >= 0.6 is 0 Å². The second kappa shape index (κ2) is 55.6. The van der Waals surface area contributed by atoms with Crippen molar-refractivity contribution in [3.05, 3.63) is 122 Å². The van der Waals surface area contributed by atoms with Crippen molar-refractivity contribution in [2.75, 3.05) is 13.2 Å². The molecule has 0 bridgehead atoms. The van der Waals surface area contributed by atoms with Crippen molar-refractivity contribution in [1.82, 2.24) is 0 Å². The Morgan fingerprint density at radius 2 is 0.606 bits per heavy atom. The van der Waals surface area contributed by atoms with Gasteiger partial charge < -0.3 is 14.6 Å². The summed E-state index contributed by atoms with van der Waals surface area (Å²) >= 11 is 0. The van der Waals surface area contributed by atoms with Gasteiger partial charge in [0.05, 0.1) is 6.61 Å². The van der Waals surface area contributed by atoms with E-state index in [1.54, 1.807) is 0 Å². The fourth-order valence-electron chi connectivity index (χ4n) is 7.26. The molecular weight excluding hydrogens is 813 g/mol. The summed E-state index contributed by atoms with van der Waals surface area (Å²) in [6.45, 7) is 3.89. The molecule has 374 valence electrons. The molecule has 0 spiro atoms. The number of rotatable bonds is 48. The summed E-state index contributed by atoms with van der Waals surface area (Å²) in [6.07, 6.45) is 81.6. The van der Waals surface area contributed by atoms with Crippen molar-refractivity contribution in [3.63, 3.8) is 0 Å². The number of allylic oxidation sites excluding steroid dienone is 20. The smallest absolute Gasteiger partial charge is 0.306 e. The van der Waals surface area contributed by atoms with Gasteiger partial charge in [-0.2, -0.15) is 0 Å². The molecule has 0 radical (unpaired) electrons. The summed E-state index contributed by atoms with van der Waals surface area (Å²) in [5.74, 6) is -0.631. The molecule has 0 aliphatic carbocycles. The average Bonchev–Trinajstić information content (AvgIpc) is 3.32. The van der Waals surface area contributed by atoms with Crippen LogP contribution in [0.2, 0.25) is 0 Å². The predicted octanol–water partition coefficient (Wildman–Crippen LogP) is 18.3. The Morgan fingerprint density at radius 3 is 0.924 bits per heavy atom. The van der Waals surface area contributed by atoms with Crippen LogP contribution in [0.5, 0.6) is 0 Å². The summed E-state index contributed by atoms with van der Waals surface area (Å²) in [6, 6.07) is 0. The molecule has 1 N–H and O–H groups in total. The van der Waals surface area contributed by atoms with Gasteiger partial charge >= 0.3 is 11.9 Å². The highest BCUT2D eigenvalue weighted by Gasteiger charge is 2.16. The maximum Gasteiger partial charge on any atom is 0.306 e. The lowest BCUT2D eigenvalue weighted by Crippen LogP contribution is -2.28. The Kier molecular flexibility index (Phi) is 52.5. The minimum atomic E-state index is -0.793. The average molecular weight is 913 g/mol. The molecule has 0 aromatic heterocycles. The van der Waals surface area contributed by atoms with Gasteiger partial charge in [0.25, 0.3) is 0 Å². The van der Waals surface area contributed by atoms with Crippen LogP contribution in [0.3, 0.4) is 0 Å². The molecule has 66 heavy (non-hydrogen) atoms. The summed E-state index contributed by atoms with van der Waals surface area (Å²) in [4.78, 5) is 24.5. The number of carbonyl (C=O) groups excluding carboxylic acids is 2. The van der Waals surface area contributed by atoms with E-state index in [9.17, 15) is 14.7 Å². The number of carbonyl (C=O) groups is 2. The van der Waals surface area contributed by atoms with Crippen LogP contribution < -0.4 is 0 Å². The molecule has 5 nitrogen and oxygen atoms in total. The Balaban J connectivity index is 3.53. The van der Waals surface area contributed by atoms with Crippen LogP contribution in [-0.2, 0) is 19.1 Å². The second-order valence-electron chi connectivity index (χ2n) is 17.5. The second-order valence-corrected chi connectivity index (χ2v) is 17.5. The SMILES string of the molecule is CC/C=C\C/C=C\C/C=C\C/C=C\C/C=C\CCCCCCCCCCCCCCCCCCCC(=O)OC(CO)COC(=O)CCCCC/C=C\C/C=C\C/C=C\C/C=C\C/C=C\CC. The summed E-state index contributed by atoms with van der Waals surface area (Å²) in [7, 11) is 0. The van der Waals surface area contributed by atoms with Crippen molar-refractivity contribution < 1.29 is 24.2 Å². The zero-order valence-electron chi connectivity index (χ0n) is 42.7. The normalized spacial score (nSPS) is 13.2. The highest BCUT2D eigenvalue weighted by Crippen LogP contribution is 2.15. The summed E-state index contributed by atoms with van der Waals surface area (Å²) in [5.41, 5.74) is 0. The van der Waals surface area contributed by atoms with Crippen LogP contribution in [0.4, 0.5) is 0 Å². The topological polar surface area (TPSA) is 72.8 Å². The Hall–Kier alpha value is -3.70. The molecule has 0 aromatic carbocycles. The standard InChI is InChI=1S/C61H100O5/c1-3-5-7-9-11-13-15-17-19-21-23-24-25-26-27-28-29-30-31-32-33-34-35-36-38-40-42-44-46-48-50-52-54-56-61(64)66-59(57-62)58-65-60(63)55-53-51-49-47-45-43-41-39-37-22-20-18-16-14-12-10-8-6-4-2/h5-8,11-14,17-20,23-24,26-27,37,39,43,45,59,62H,3-4,9-10,15-16,21-22,25,28-36,38,40-42,44,46-58H2,1-2H3/b7-5-,8-6-,13-11-,14-12-,19-17-,20-18-,24-23-,27-26-,39-37-,45-43-. The summed E-state index contributed by atoms with van der Waals surface area (Å²) < 4.78 is 10.7. The molecule has 0 amide bonds. The number of aliphatic hydroxyl groups is 1. The van der Waals surface area contributed by atoms with Crippen LogP contribution in [0.25, 0.3) is 0 Å². The molecular formula is C61H100O5. The van der Waals surface area contributed by atoms with E-state index in [4.69, 9.17) is 9.47 Å². The van der Waals surface area contributed by atoms with Crippen molar-refractivity contribution in [3.8, 4) is 0 Å². The van der Waals surface area contributed by atoms with Crippen LogP contribution in [-0.4, -0.2) is 36.4 Å². The molecule has 0 aliphatic rings. The van der Waals surface area contributed by atoms with Gasteiger partial charge in [-0.1, -0.05) is 238 Å². The minimum absolute atomic E-state index is 0.0883. The maximum absolute atomic E-state index is 12.3. The third-order valence-electron chi connectivity index (χ3n) is 11.3. The lowest BCUT2D eigenvalue weighted by Gasteiger charge is -2.15. The predicted molar refractivity (Wildman–Crippen MR) is 288 cm³/mol. The molecule has 0 fully saturated rings. The third-order valence-corrected chi connectivity index (χ3v) is 11.3. The van der Waals surface area contributed by atoms with Crippen molar-refractivity contribution >= 4 is 11.9 Å². The van der Waals surface area contributed by atoms with Gasteiger partial charge in [-0.3, -0.25) is 9.59 Å². The monoisotopic (exact) mass is 913 g/mol. The fraction of sp³-hybridized carbons (Fsp3) is 0.639. The lowest BCUT2D eigenvalue weighted by molar-refractivity contribution is -0.161. The van der Waals surface area contributed by atoms with E-state index in [1.807, 2.05) is 0 Å². The highest BCUT2D eigenvalue weighted by molar-refractivity contribution is 5.70. The number of hydrogen-bond donors (Lipinski definition) is 1. The third kappa shape index (κ3) is 52.9. The molecule has 1 atom stereocenters. The zero-order valence-corrected chi connectivity index (χ0v) is 42.7. The van der Waals surface area contributed by atoms with E-state index >= 15 is 0 Å². The molecule has 0 rings (SSSR count). The number of ether oxygens (including phenoxy) is 2. The Morgan fingerprint density at radius 1 is 0.348 bits per heavy atom. The quantitative estimate of drug-likeness (QED) is 0.0374. The first-order valence-corrected chi connectivity index (χ1v) is 27.1. The molecule has 0 aromatic rings. The number of esters is 2. The van der Waals surface area contributed by atoms with E-state index in [1.165, 1.54) is 96.3 Å². The van der Waals surface area contributed by atoms with E-state index in [0.717, 1.165) is 109 Å². The first-order chi connectivity index (χ1) is 32.6. The molecule has 0 saturated carbocycles. The number of hydrogen-bond acceptors (Lipinski definition) is 5. The minimum Gasteiger partial charge on any atom is -0.462 e. The van der Waals surface area contributed by atoms with Crippen molar-refractivity contribution in [1.29, 1.82) is 0 Å². The van der Waals surface area contributed by atoms with Gasteiger partial charge in [0, 0.05) is 12.8 Å². The molecule has 5 heteroatoms. The van der Waals surface area contributed by atoms with Crippen molar-refractivity contribution in [2.24, 2.45) is 0 Å². The Bertz CT molecular complexity index is 1350. The molecule has 0 aliphatic heterocycles. The largest absolute Gasteiger partial charge is 0.462 e. The molecule has 0 heterocycles. The van der Waals surface area contributed by atoms with Gasteiger partial charge in [-0.25, -0.2) is 0 Å². The zero-order chi connectivity index (χ0) is 47.7. The van der Waals surface area contributed by atoms with Crippen LogP contribution in [0.1, 0.15) is 232 Å².